The van der Waals surface area contributed by atoms with Crippen LogP contribution in [0.25, 0.3) is 12.2 Å². The maximum absolute atomic E-state index is 3.31. The molecule has 0 amide bonds. The molecule has 1 aromatic heterocycles. The fraction of sp³-hybridized carbons (Fsp3) is 0.625. The molecule has 2 atom stereocenters. The molecule has 0 spiro atoms. The second kappa shape index (κ2) is 7.37. The van der Waals surface area contributed by atoms with E-state index in [1.54, 1.807) is 0 Å². The van der Waals surface area contributed by atoms with Gasteiger partial charge in [-0.05, 0) is 36.0 Å². The Morgan fingerprint density at radius 1 is 1.41 bits per heavy atom. The second-order valence-electron chi connectivity index (χ2n) is 4.84. The number of aromatic amines is 1. The number of hydrogen-bond donors (Lipinski definition) is 1. The molecule has 0 radical (unpaired) electrons. The van der Waals surface area contributed by atoms with Gasteiger partial charge in [0.05, 0.1) is 0 Å². The van der Waals surface area contributed by atoms with Crippen molar-refractivity contribution in [3.8, 4) is 0 Å². The average Bonchev–Trinajstić information content (AvgIpc) is 2.79. The molecule has 0 aliphatic heterocycles. The molecule has 1 heteroatoms. The van der Waals surface area contributed by atoms with E-state index in [0.29, 0.717) is 0 Å². The average molecular weight is 233 g/mol. The normalized spacial score (nSPS) is 19.2. The summed E-state index contributed by atoms with van der Waals surface area (Å²) in [6.07, 6.45) is 12.1. The Kier molecular flexibility index (Phi) is 6.10. The van der Waals surface area contributed by atoms with Crippen molar-refractivity contribution in [2.75, 3.05) is 0 Å². The lowest BCUT2D eigenvalue weighted by molar-refractivity contribution is 0.433. The summed E-state index contributed by atoms with van der Waals surface area (Å²) >= 11 is 0. The number of nitrogens with one attached hydrogen (secondary N) is 1. The number of hydrogen-bond acceptors (Lipinski definition) is 0. The van der Waals surface area contributed by atoms with Gasteiger partial charge in [-0.2, -0.15) is 0 Å². The third-order valence-electron chi connectivity index (χ3n) is 3.34. The fourth-order valence-electron chi connectivity index (χ4n) is 2.59. The Morgan fingerprint density at radius 2 is 2.18 bits per heavy atom. The number of rotatable bonds is 4. The first-order valence-electron chi connectivity index (χ1n) is 7.15. The Balaban J connectivity index is 0.000000686. The molecule has 2 rings (SSSR count). The predicted octanol–water partition coefficient (Wildman–Crippen LogP) is 3.45. The van der Waals surface area contributed by atoms with Crippen LogP contribution in [0, 0.1) is 11.8 Å². The number of H-pyrrole nitrogens is 1. The molecule has 0 fully saturated rings. The quantitative estimate of drug-likeness (QED) is 0.820. The van der Waals surface area contributed by atoms with E-state index in [-0.39, 0.29) is 0 Å². The molecule has 96 valence electrons. The van der Waals surface area contributed by atoms with E-state index in [0.717, 1.165) is 11.8 Å². The van der Waals surface area contributed by atoms with E-state index in [9.17, 15) is 0 Å². The summed E-state index contributed by atoms with van der Waals surface area (Å²) in [6, 6.07) is 2.16. The minimum Gasteiger partial charge on any atom is -0.361 e. The minimum atomic E-state index is 0.748. The van der Waals surface area contributed by atoms with Crippen molar-refractivity contribution in [3.63, 3.8) is 0 Å². The van der Waals surface area contributed by atoms with E-state index >= 15 is 0 Å². The zero-order chi connectivity index (χ0) is 12.7. The van der Waals surface area contributed by atoms with E-state index < -0.39 is 0 Å². The van der Waals surface area contributed by atoms with Crippen LogP contribution in [0.1, 0.15) is 53.4 Å². The van der Waals surface area contributed by atoms with Crippen LogP contribution >= 0.6 is 0 Å². The van der Waals surface area contributed by atoms with Crippen molar-refractivity contribution in [1.82, 2.24) is 4.98 Å². The summed E-state index contributed by atoms with van der Waals surface area (Å²) in [5.41, 5.74) is 0. The highest BCUT2D eigenvalue weighted by molar-refractivity contribution is 5.38. The maximum atomic E-state index is 3.31. The summed E-state index contributed by atoms with van der Waals surface area (Å²) in [5, 5.41) is 2.71. The van der Waals surface area contributed by atoms with Crippen LogP contribution in [0.3, 0.4) is 0 Å². The van der Waals surface area contributed by atoms with Crippen LogP contribution in [0.4, 0.5) is 0 Å². The summed E-state index contributed by atoms with van der Waals surface area (Å²) in [5.74, 6) is 1.61. The van der Waals surface area contributed by atoms with Gasteiger partial charge in [-0.15, -0.1) is 0 Å². The summed E-state index contributed by atoms with van der Waals surface area (Å²) in [6.45, 7) is 8.65. The van der Waals surface area contributed by atoms with E-state index in [4.69, 9.17) is 0 Å². The molecule has 1 aliphatic carbocycles. The van der Waals surface area contributed by atoms with Crippen LogP contribution in [-0.2, 0) is 0 Å². The Morgan fingerprint density at radius 3 is 2.88 bits per heavy atom. The van der Waals surface area contributed by atoms with Gasteiger partial charge in [0.15, 0.2) is 0 Å². The van der Waals surface area contributed by atoms with Gasteiger partial charge in [0.25, 0.3) is 0 Å². The SMILES string of the molecule is CC.CCCC(C)CC1C=c2[nH]ccc2=CC1. The van der Waals surface area contributed by atoms with Crippen molar-refractivity contribution in [2.24, 2.45) is 11.8 Å². The Bertz CT molecular complexity index is 413. The van der Waals surface area contributed by atoms with Gasteiger partial charge in [-0.1, -0.05) is 52.7 Å². The van der Waals surface area contributed by atoms with Crippen molar-refractivity contribution < 1.29 is 0 Å². The molecular formula is C16H27N. The molecule has 1 nitrogen and oxygen atoms in total. The van der Waals surface area contributed by atoms with Crippen molar-refractivity contribution in [3.05, 3.63) is 22.8 Å². The lowest BCUT2D eigenvalue weighted by Crippen LogP contribution is -2.27. The first-order valence-corrected chi connectivity index (χ1v) is 7.15. The van der Waals surface area contributed by atoms with Crippen molar-refractivity contribution in [1.29, 1.82) is 0 Å². The third kappa shape index (κ3) is 4.07. The van der Waals surface area contributed by atoms with Gasteiger partial charge in [-0.25, -0.2) is 0 Å². The first kappa shape index (κ1) is 14.1. The van der Waals surface area contributed by atoms with Crippen LogP contribution in [-0.4, -0.2) is 4.98 Å². The highest BCUT2D eigenvalue weighted by Crippen LogP contribution is 2.21. The number of fused-ring (bicyclic) bond motifs is 1. The summed E-state index contributed by atoms with van der Waals surface area (Å²) in [7, 11) is 0. The van der Waals surface area contributed by atoms with Gasteiger partial charge in [0.1, 0.15) is 0 Å². The van der Waals surface area contributed by atoms with E-state index in [1.807, 2.05) is 20.0 Å². The van der Waals surface area contributed by atoms with Gasteiger partial charge >= 0.3 is 0 Å². The van der Waals surface area contributed by atoms with E-state index in [2.05, 4.69) is 37.0 Å². The molecule has 17 heavy (non-hydrogen) atoms. The molecule has 1 N–H and O–H groups in total. The predicted molar refractivity (Wildman–Crippen MR) is 77.1 cm³/mol. The molecule has 1 aromatic rings. The largest absolute Gasteiger partial charge is 0.361 e. The topological polar surface area (TPSA) is 15.8 Å². The third-order valence-corrected chi connectivity index (χ3v) is 3.34. The monoisotopic (exact) mass is 233 g/mol. The zero-order valence-electron chi connectivity index (χ0n) is 11.8. The van der Waals surface area contributed by atoms with Crippen LogP contribution < -0.4 is 10.6 Å². The molecule has 0 saturated carbocycles. The maximum Gasteiger partial charge on any atom is 0.0413 e. The zero-order valence-corrected chi connectivity index (χ0v) is 11.8. The molecule has 0 aromatic carbocycles. The fourth-order valence-corrected chi connectivity index (χ4v) is 2.59. The summed E-state index contributed by atoms with van der Waals surface area (Å²) < 4.78 is 0. The van der Waals surface area contributed by atoms with Gasteiger partial charge in [-0.3, -0.25) is 0 Å². The molecule has 1 aliphatic rings. The molecule has 0 saturated heterocycles. The van der Waals surface area contributed by atoms with Crippen LogP contribution in [0.2, 0.25) is 0 Å². The second-order valence-corrected chi connectivity index (χ2v) is 4.84. The number of aromatic nitrogens is 1. The van der Waals surface area contributed by atoms with Crippen LogP contribution in [0.15, 0.2) is 12.3 Å². The van der Waals surface area contributed by atoms with Crippen molar-refractivity contribution >= 4 is 12.2 Å². The molecule has 1 heterocycles. The summed E-state index contributed by atoms with van der Waals surface area (Å²) in [4.78, 5) is 3.31. The lowest BCUT2D eigenvalue weighted by Gasteiger charge is -2.17. The highest BCUT2D eigenvalue weighted by atomic mass is 14.6. The first-order chi connectivity index (χ1) is 8.29. The Hall–Kier alpha value is -0.980. The van der Waals surface area contributed by atoms with Gasteiger partial charge in [0, 0.05) is 11.5 Å². The van der Waals surface area contributed by atoms with E-state index in [1.165, 1.54) is 36.3 Å². The molecule has 0 bridgehead atoms. The standard InChI is InChI=1S/C14H21N.C2H6/c1-3-4-11(2)9-12-5-6-13-7-8-15-14(13)10-12;1-2/h6-8,10-12,15H,3-5,9H2,1-2H3;1-2H3. The Labute approximate surface area is 106 Å². The van der Waals surface area contributed by atoms with Gasteiger partial charge in [0.2, 0.25) is 0 Å². The van der Waals surface area contributed by atoms with Crippen molar-refractivity contribution in [2.45, 2.75) is 53.4 Å². The lowest BCUT2D eigenvalue weighted by atomic mass is 9.88. The van der Waals surface area contributed by atoms with Gasteiger partial charge < -0.3 is 4.98 Å². The smallest absolute Gasteiger partial charge is 0.0413 e. The van der Waals surface area contributed by atoms with Crippen LogP contribution in [0.5, 0.6) is 0 Å². The molecular weight excluding hydrogens is 206 g/mol. The minimum absolute atomic E-state index is 0.748. The molecule has 2 unspecified atom stereocenters. The highest BCUT2D eigenvalue weighted by Gasteiger charge is 2.11.